The van der Waals surface area contributed by atoms with Crippen molar-refractivity contribution < 1.29 is 14.0 Å². The van der Waals surface area contributed by atoms with E-state index < -0.39 is 5.82 Å². The Bertz CT molecular complexity index is 2160. The van der Waals surface area contributed by atoms with Crippen molar-refractivity contribution in [1.82, 2.24) is 34.3 Å². The van der Waals surface area contributed by atoms with Gasteiger partial charge in [0.2, 0.25) is 0 Å². The molecule has 260 valence electrons. The molecule has 4 bridgehead atoms. The largest absolute Gasteiger partial charge is 0.344 e. The van der Waals surface area contributed by atoms with Gasteiger partial charge in [-0.25, -0.2) is 19.3 Å². The fraction of sp³-hybridized carbons (Fsp3) is 0.447. The van der Waals surface area contributed by atoms with Gasteiger partial charge in [0.1, 0.15) is 22.1 Å². The fourth-order valence-electron chi connectivity index (χ4n) is 8.35. The summed E-state index contributed by atoms with van der Waals surface area (Å²) in [7, 11) is 0. The van der Waals surface area contributed by atoms with Gasteiger partial charge >= 0.3 is 0 Å². The van der Waals surface area contributed by atoms with Gasteiger partial charge < -0.3 is 25.1 Å². The molecule has 2 fully saturated rings. The first-order valence-corrected chi connectivity index (χ1v) is 18.2. The topological polar surface area (TPSA) is 124 Å². The molecule has 4 atom stereocenters. The number of pyridine rings is 2. The Kier molecular flexibility index (Phi) is 8.38. The highest BCUT2D eigenvalue weighted by atomic mass is 35.5. The normalized spacial score (nSPS) is 22.7. The van der Waals surface area contributed by atoms with Crippen molar-refractivity contribution >= 4 is 45.5 Å². The number of carbonyl (C=O) groups excluding carboxylic acids is 2. The molecule has 10 nitrogen and oxygen atoms in total. The average molecular weight is 697 g/mol. The summed E-state index contributed by atoms with van der Waals surface area (Å²) in [6.45, 7) is 7.10. The number of rotatable bonds is 3. The first-order valence-electron chi connectivity index (χ1n) is 17.8. The van der Waals surface area contributed by atoms with E-state index in [-0.39, 0.29) is 36.0 Å². The van der Waals surface area contributed by atoms with E-state index in [0.29, 0.717) is 64.3 Å². The van der Waals surface area contributed by atoms with Crippen LogP contribution in [-0.2, 0) is 13.0 Å². The number of nitrogens with one attached hydrogen (secondary N) is 1. The summed E-state index contributed by atoms with van der Waals surface area (Å²) >= 11 is 6.22. The monoisotopic (exact) mass is 696 g/mol. The standard InChI is InChI=1S/C38H42ClFN8O2/c1-20(2)48-34-27(40)16-24(38(50)47-19-28(41)22-8-10-25(47)15-22)17-31(34)45-36(48)32-18-23-9-12-29-21(3)42-37(49)26-11-13-33(39)43-30(26)7-5-4-6-14-46(32)35(23)44-29/h9,11-13,16-18,20-22,25,28H,4-8,10,14-15,19,41H2,1-3H3,(H,42,49)/t21-,22-,25+,28+/m1/s1. The number of benzene rings is 1. The van der Waals surface area contributed by atoms with E-state index in [2.05, 4.69) is 20.9 Å². The second kappa shape index (κ2) is 12.8. The third-order valence-electron chi connectivity index (χ3n) is 10.9. The molecule has 1 saturated carbocycles. The lowest BCUT2D eigenvalue weighted by molar-refractivity contribution is 0.0603. The smallest absolute Gasteiger partial charge is 0.254 e. The van der Waals surface area contributed by atoms with Crippen LogP contribution in [0.5, 0.6) is 0 Å². The number of likely N-dealkylation sites (tertiary alicyclic amines) is 1. The molecule has 5 aromatic rings. The predicted molar refractivity (Wildman–Crippen MR) is 192 cm³/mol. The van der Waals surface area contributed by atoms with E-state index in [0.717, 1.165) is 60.9 Å². The van der Waals surface area contributed by atoms with E-state index in [1.807, 2.05) is 42.4 Å². The zero-order valence-corrected chi connectivity index (χ0v) is 29.4. The predicted octanol–water partition coefficient (Wildman–Crippen LogP) is 6.99. The lowest BCUT2D eigenvalue weighted by Crippen LogP contribution is -2.51. The minimum atomic E-state index is -0.472. The summed E-state index contributed by atoms with van der Waals surface area (Å²) in [6, 6.07) is 12.1. The van der Waals surface area contributed by atoms with Crippen LogP contribution in [0.4, 0.5) is 4.39 Å². The maximum atomic E-state index is 16.2. The number of carbonyl (C=O) groups is 2. The summed E-state index contributed by atoms with van der Waals surface area (Å²) in [5.41, 5.74) is 11.1. The van der Waals surface area contributed by atoms with E-state index in [1.165, 1.54) is 6.07 Å². The third-order valence-corrected chi connectivity index (χ3v) is 11.1. The van der Waals surface area contributed by atoms with Gasteiger partial charge in [0.15, 0.2) is 5.82 Å². The van der Waals surface area contributed by atoms with Gasteiger partial charge in [0.05, 0.1) is 34.2 Å². The maximum absolute atomic E-state index is 16.2. The number of hydrogen-bond donors (Lipinski definition) is 2. The Morgan fingerprint density at radius 2 is 1.90 bits per heavy atom. The van der Waals surface area contributed by atoms with Gasteiger partial charge in [0, 0.05) is 42.2 Å². The number of aryl methyl sites for hydroxylation is 2. The molecule has 3 N–H and O–H groups in total. The maximum Gasteiger partial charge on any atom is 0.254 e. The molecule has 1 aromatic carbocycles. The Balaban J connectivity index is 1.21. The molecule has 0 spiro atoms. The molecule has 2 aliphatic heterocycles. The third kappa shape index (κ3) is 5.64. The van der Waals surface area contributed by atoms with E-state index >= 15 is 4.39 Å². The quantitative estimate of drug-likeness (QED) is 0.196. The van der Waals surface area contributed by atoms with Gasteiger partial charge in [-0.15, -0.1) is 0 Å². The van der Waals surface area contributed by atoms with Crippen LogP contribution in [-0.4, -0.2) is 59.4 Å². The van der Waals surface area contributed by atoms with Crippen molar-refractivity contribution in [3.8, 4) is 11.5 Å². The van der Waals surface area contributed by atoms with E-state index in [4.69, 9.17) is 27.3 Å². The number of piperidine rings is 1. The van der Waals surface area contributed by atoms with Crippen molar-refractivity contribution in [2.24, 2.45) is 11.7 Å². The lowest BCUT2D eigenvalue weighted by Gasteiger charge is -2.37. The van der Waals surface area contributed by atoms with Gasteiger partial charge in [-0.1, -0.05) is 18.0 Å². The second-order valence-corrected chi connectivity index (χ2v) is 14.9. The summed E-state index contributed by atoms with van der Waals surface area (Å²) in [4.78, 5) is 43.7. The van der Waals surface area contributed by atoms with Crippen molar-refractivity contribution in [2.75, 3.05) is 6.54 Å². The Hall–Kier alpha value is -4.35. The number of aromatic nitrogens is 5. The van der Waals surface area contributed by atoms with Gasteiger partial charge in [-0.2, -0.15) is 0 Å². The van der Waals surface area contributed by atoms with Crippen LogP contribution in [0.2, 0.25) is 5.15 Å². The number of imidazole rings is 1. The number of nitrogens with zero attached hydrogens (tertiary/aromatic N) is 6. The molecular formula is C38H42ClFN8O2. The molecule has 4 aromatic heterocycles. The summed E-state index contributed by atoms with van der Waals surface area (Å²) in [5, 5.41) is 4.39. The van der Waals surface area contributed by atoms with E-state index in [9.17, 15) is 9.59 Å². The van der Waals surface area contributed by atoms with Crippen LogP contribution in [0, 0.1) is 11.7 Å². The minimum absolute atomic E-state index is 0.0536. The first-order chi connectivity index (χ1) is 24.1. The average Bonchev–Trinajstić information content (AvgIpc) is 3.79. The molecule has 1 aliphatic carbocycles. The summed E-state index contributed by atoms with van der Waals surface area (Å²) in [5.74, 6) is 0.198. The van der Waals surface area contributed by atoms with Crippen LogP contribution in [0.1, 0.15) is 103 Å². The molecule has 0 unspecified atom stereocenters. The summed E-state index contributed by atoms with van der Waals surface area (Å²) < 4.78 is 20.3. The Morgan fingerprint density at radius 1 is 1.06 bits per heavy atom. The van der Waals surface area contributed by atoms with E-state index in [1.54, 1.807) is 18.2 Å². The van der Waals surface area contributed by atoms with Crippen molar-refractivity contribution in [1.29, 1.82) is 0 Å². The number of amides is 2. The highest BCUT2D eigenvalue weighted by Gasteiger charge is 2.41. The highest BCUT2D eigenvalue weighted by Crippen LogP contribution is 2.38. The first kappa shape index (κ1) is 32.8. The SMILES string of the molecule is CC(C)n1c(-c2cc3ccc4nc3n2CCCCCc2nc(Cl)ccc2C(=O)N[C@@H]4C)nc2cc(C(=O)N3C[C@H](N)[C@@H]4CC[C@H]3C4)cc(F)c21. The molecule has 3 aliphatic rings. The second-order valence-electron chi connectivity index (χ2n) is 14.5. The van der Waals surface area contributed by atoms with Crippen molar-refractivity contribution in [3.63, 3.8) is 0 Å². The van der Waals surface area contributed by atoms with Crippen molar-refractivity contribution in [2.45, 2.75) is 96.4 Å². The number of nitrogens with two attached hydrogens (primary N) is 1. The van der Waals surface area contributed by atoms with Crippen LogP contribution >= 0.6 is 11.6 Å². The number of halogens is 2. The van der Waals surface area contributed by atoms with Crippen LogP contribution < -0.4 is 11.1 Å². The molecule has 0 radical (unpaired) electrons. The Morgan fingerprint density at radius 3 is 2.72 bits per heavy atom. The zero-order chi connectivity index (χ0) is 34.8. The zero-order valence-electron chi connectivity index (χ0n) is 28.6. The molecule has 6 heterocycles. The van der Waals surface area contributed by atoms with Crippen LogP contribution in [0.3, 0.4) is 0 Å². The lowest BCUT2D eigenvalue weighted by atomic mass is 9.94. The molecule has 2 amide bonds. The van der Waals surface area contributed by atoms with Crippen LogP contribution in [0.25, 0.3) is 33.6 Å². The van der Waals surface area contributed by atoms with Gasteiger partial charge in [-0.05, 0) is 108 Å². The molecule has 8 rings (SSSR count). The Labute approximate surface area is 295 Å². The van der Waals surface area contributed by atoms with Crippen molar-refractivity contribution in [3.05, 3.63) is 75.9 Å². The highest BCUT2D eigenvalue weighted by molar-refractivity contribution is 6.29. The fourth-order valence-corrected chi connectivity index (χ4v) is 8.51. The number of fused-ring (bicyclic) bond motifs is 5. The molecule has 12 heteroatoms. The summed E-state index contributed by atoms with van der Waals surface area (Å²) in [6.07, 6.45) is 6.06. The van der Waals surface area contributed by atoms with Crippen LogP contribution in [0.15, 0.2) is 42.5 Å². The minimum Gasteiger partial charge on any atom is -0.344 e. The van der Waals surface area contributed by atoms with Gasteiger partial charge in [-0.3, -0.25) is 9.59 Å². The molecule has 50 heavy (non-hydrogen) atoms. The van der Waals surface area contributed by atoms with Gasteiger partial charge in [0.25, 0.3) is 11.8 Å². The number of hydrogen-bond acceptors (Lipinski definition) is 6. The molecular weight excluding hydrogens is 655 g/mol. The molecule has 1 saturated heterocycles.